The van der Waals surface area contributed by atoms with Gasteiger partial charge >= 0.3 is 0 Å². The number of carbonyl (C=O) groups is 1. The summed E-state index contributed by atoms with van der Waals surface area (Å²) < 4.78 is 0. The van der Waals surface area contributed by atoms with Crippen molar-refractivity contribution in [3.05, 3.63) is 54.3 Å². The first kappa shape index (κ1) is 18.5. The summed E-state index contributed by atoms with van der Waals surface area (Å²) in [5, 5.41) is 8.85. The SMILES string of the molecule is C=C(C)CCc1ccc(NC(=C)CNC(=O)[CH]([Al])NC)cc1. The molecule has 1 atom stereocenters. The van der Waals surface area contributed by atoms with Crippen LogP contribution in [0.25, 0.3) is 0 Å². The summed E-state index contributed by atoms with van der Waals surface area (Å²) in [5.74, 6) is -0.0782. The molecular formula is C17H24AlN3O. The standard InChI is InChI=1S/C17H24N3O.Al/c1-13(2)5-6-15-7-9-16(10-8-15)20-14(3)11-19-17(21)12-18-4;/h7-10,12,18,20H,1,3,5-6,11H2,2,4H3,(H,19,21);. The second kappa shape index (κ2) is 9.47. The Kier molecular flexibility index (Phi) is 7.97. The quantitative estimate of drug-likeness (QED) is 0.482. The van der Waals surface area contributed by atoms with Gasteiger partial charge in [-0.15, -0.1) is 6.58 Å². The predicted octanol–water partition coefficient (Wildman–Crippen LogP) is 1.95. The Balaban J connectivity index is 2.41. The molecular weight excluding hydrogens is 289 g/mol. The monoisotopic (exact) mass is 313 g/mol. The van der Waals surface area contributed by atoms with Crippen molar-refractivity contribution in [2.24, 2.45) is 0 Å². The van der Waals surface area contributed by atoms with Crippen molar-refractivity contribution in [2.75, 3.05) is 18.9 Å². The van der Waals surface area contributed by atoms with Crippen LogP contribution < -0.4 is 16.0 Å². The molecule has 0 aliphatic carbocycles. The number of hydrogen-bond donors (Lipinski definition) is 3. The molecule has 4 nitrogen and oxygen atoms in total. The summed E-state index contributed by atoms with van der Waals surface area (Å²) in [4.78, 5) is 11.3. The maximum absolute atomic E-state index is 11.6. The van der Waals surface area contributed by atoms with Gasteiger partial charge in [0.05, 0.1) is 6.54 Å². The molecule has 0 saturated carbocycles. The third kappa shape index (κ3) is 6.95. The van der Waals surface area contributed by atoms with Gasteiger partial charge in [0.25, 0.3) is 0 Å². The van der Waals surface area contributed by atoms with Gasteiger partial charge in [0.15, 0.2) is 16.3 Å². The van der Waals surface area contributed by atoms with Gasteiger partial charge in [-0.05, 0) is 44.5 Å². The van der Waals surface area contributed by atoms with E-state index >= 15 is 0 Å². The highest BCUT2D eigenvalue weighted by Gasteiger charge is 2.08. The van der Waals surface area contributed by atoms with Crippen LogP contribution in [-0.4, -0.2) is 40.7 Å². The molecule has 1 aromatic carbocycles. The van der Waals surface area contributed by atoms with E-state index in [1.807, 2.05) is 19.1 Å². The number of amides is 1. The summed E-state index contributed by atoms with van der Waals surface area (Å²) in [6.07, 6.45) is 2.01. The van der Waals surface area contributed by atoms with Crippen LogP contribution in [0.1, 0.15) is 18.9 Å². The topological polar surface area (TPSA) is 53.2 Å². The van der Waals surface area contributed by atoms with Crippen molar-refractivity contribution in [1.82, 2.24) is 10.6 Å². The molecule has 5 heteroatoms. The predicted molar refractivity (Wildman–Crippen MR) is 94.0 cm³/mol. The van der Waals surface area contributed by atoms with E-state index in [4.69, 9.17) is 0 Å². The lowest BCUT2D eigenvalue weighted by Crippen LogP contribution is -2.43. The van der Waals surface area contributed by atoms with E-state index in [1.54, 1.807) is 7.05 Å². The van der Waals surface area contributed by atoms with Crippen LogP contribution in [0, 0.1) is 0 Å². The molecule has 0 aliphatic rings. The molecule has 1 unspecified atom stereocenters. The van der Waals surface area contributed by atoms with E-state index in [1.165, 1.54) is 11.1 Å². The number of anilines is 1. The number of allylic oxidation sites excluding steroid dienone is 1. The van der Waals surface area contributed by atoms with E-state index in [9.17, 15) is 4.79 Å². The Labute approximate surface area is 141 Å². The van der Waals surface area contributed by atoms with Gasteiger partial charge in [-0.3, -0.25) is 4.79 Å². The Bertz CT molecular complexity index is 525. The van der Waals surface area contributed by atoms with Crippen LogP contribution >= 0.6 is 0 Å². The fraction of sp³-hybridized carbons (Fsp3) is 0.353. The van der Waals surface area contributed by atoms with Crippen molar-refractivity contribution in [2.45, 2.75) is 24.7 Å². The minimum atomic E-state index is -0.291. The zero-order chi connectivity index (χ0) is 16.5. The summed E-state index contributed by atoms with van der Waals surface area (Å²) in [7, 11) is 1.74. The average molecular weight is 313 g/mol. The van der Waals surface area contributed by atoms with Crippen molar-refractivity contribution in [1.29, 1.82) is 0 Å². The third-order valence-electron chi connectivity index (χ3n) is 3.18. The normalized spacial score (nSPS) is 11.5. The number of aryl methyl sites for hydroxylation is 1. The molecule has 2 radical (unpaired) electrons. The number of rotatable bonds is 9. The van der Waals surface area contributed by atoms with Gasteiger partial charge in [-0.2, -0.15) is 0 Å². The van der Waals surface area contributed by atoms with E-state index in [2.05, 4.69) is 57.5 Å². The van der Waals surface area contributed by atoms with Gasteiger partial charge in [-0.25, -0.2) is 0 Å². The highest BCUT2D eigenvalue weighted by Crippen LogP contribution is 2.13. The largest absolute Gasteiger partial charge is 0.358 e. The number of carbonyl (C=O) groups excluding carboxylic acids is 1. The van der Waals surface area contributed by atoms with Crippen LogP contribution in [0.5, 0.6) is 0 Å². The third-order valence-corrected chi connectivity index (χ3v) is 3.82. The Morgan fingerprint density at radius 3 is 2.45 bits per heavy atom. The first-order valence-electron chi connectivity index (χ1n) is 7.31. The second-order valence-electron chi connectivity index (χ2n) is 5.37. The molecule has 0 spiro atoms. The molecule has 116 valence electrons. The zero-order valence-electron chi connectivity index (χ0n) is 13.4. The average Bonchev–Trinajstić information content (AvgIpc) is 2.51. The number of benzene rings is 1. The minimum absolute atomic E-state index is 0.0782. The maximum Gasteiger partial charge on any atom is 0.220 e. The van der Waals surface area contributed by atoms with Gasteiger partial charge < -0.3 is 16.0 Å². The van der Waals surface area contributed by atoms with E-state index in [0.29, 0.717) is 6.54 Å². The van der Waals surface area contributed by atoms with Gasteiger partial charge in [0, 0.05) is 16.3 Å². The van der Waals surface area contributed by atoms with Crippen LogP contribution in [-0.2, 0) is 11.2 Å². The molecule has 0 bridgehead atoms. The van der Waals surface area contributed by atoms with Gasteiger partial charge in [0.1, 0.15) is 0 Å². The highest BCUT2D eigenvalue weighted by atomic mass is 27.0. The molecule has 1 aromatic rings. The van der Waals surface area contributed by atoms with Crippen molar-refractivity contribution < 1.29 is 4.79 Å². The van der Waals surface area contributed by atoms with Crippen LogP contribution in [0.15, 0.2) is 48.7 Å². The number of hydrogen-bond acceptors (Lipinski definition) is 3. The van der Waals surface area contributed by atoms with Crippen molar-refractivity contribution >= 4 is 27.9 Å². The zero-order valence-corrected chi connectivity index (χ0v) is 14.6. The lowest BCUT2D eigenvalue weighted by atomic mass is 10.1. The Hall–Kier alpha value is -1.54. The molecule has 22 heavy (non-hydrogen) atoms. The number of nitrogens with one attached hydrogen (secondary N) is 3. The first-order chi connectivity index (χ1) is 10.4. The maximum atomic E-state index is 11.6. The van der Waals surface area contributed by atoms with Crippen LogP contribution in [0.2, 0.25) is 0 Å². The molecule has 1 amide bonds. The first-order valence-corrected chi connectivity index (χ1v) is 7.97. The molecule has 1 rings (SSSR count). The molecule has 3 N–H and O–H groups in total. The smallest absolute Gasteiger partial charge is 0.220 e. The second-order valence-corrected chi connectivity index (χ2v) is 6.03. The summed E-state index contributed by atoms with van der Waals surface area (Å²) >= 11 is 2.44. The molecule has 0 fully saturated rings. The Morgan fingerprint density at radius 1 is 1.27 bits per heavy atom. The summed E-state index contributed by atoms with van der Waals surface area (Å²) in [6.45, 7) is 10.3. The fourth-order valence-electron chi connectivity index (χ4n) is 1.80. The Morgan fingerprint density at radius 2 is 1.91 bits per heavy atom. The van der Waals surface area contributed by atoms with E-state index in [0.717, 1.165) is 24.2 Å². The van der Waals surface area contributed by atoms with E-state index in [-0.39, 0.29) is 10.8 Å². The minimum Gasteiger partial charge on any atom is -0.358 e. The molecule has 0 heterocycles. The lowest BCUT2D eigenvalue weighted by Gasteiger charge is -2.14. The van der Waals surface area contributed by atoms with Crippen molar-refractivity contribution in [3.63, 3.8) is 0 Å². The fourth-order valence-corrected chi connectivity index (χ4v) is 1.91. The number of likely N-dealkylation sites (N-methyl/N-ethyl adjacent to an activating group) is 1. The van der Waals surface area contributed by atoms with Crippen molar-refractivity contribution in [3.8, 4) is 0 Å². The molecule has 0 saturated heterocycles. The van der Waals surface area contributed by atoms with Crippen LogP contribution in [0.3, 0.4) is 0 Å². The van der Waals surface area contributed by atoms with Crippen LogP contribution in [0.4, 0.5) is 5.69 Å². The lowest BCUT2D eigenvalue weighted by molar-refractivity contribution is -0.121. The van der Waals surface area contributed by atoms with Gasteiger partial charge in [0.2, 0.25) is 5.91 Å². The molecule has 0 aliphatic heterocycles. The van der Waals surface area contributed by atoms with Gasteiger partial charge in [-0.1, -0.05) is 24.3 Å². The molecule has 0 aromatic heterocycles. The summed E-state index contributed by atoms with van der Waals surface area (Å²) in [5.41, 5.74) is 4.19. The van der Waals surface area contributed by atoms with E-state index < -0.39 is 0 Å². The highest BCUT2D eigenvalue weighted by molar-refractivity contribution is 6.23. The summed E-state index contributed by atoms with van der Waals surface area (Å²) in [6, 6.07) is 8.23.